The Balaban J connectivity index is 1.77. The maximum Gasteiger partial charge on any atom is 0.0426 e. The lowest BCUT2D eigenvalue weighted by molar-refractivity contribution is 0.323. The summed E-state index contributed by atoms with van der Waals surface area (Å²) in [4.78, 5) is 2.53. The van der Waals surface area contributed by atoms with Crippen LogP contribution in [0.25, 0.3) is 0 Å². The lowest BCUT2D eigenvalue weighted by atomic mass is 9.88. The number of nitrogens with one attached hydrogen (secondary N) is 1. The Morgan fingerprint density at radius 3 is 2.70 bits per heavy atom. The summed E-state index contributed by atoms with van der Waals surface area (Å²) < 4.78 is 0. The monoisotopic (exact) mass is 292 g/mol. The van der Waals surface area contributed by atoms with Crippen LogP contribution in [0.3, 0.4) is 0 Å². The molecular formula is C17H25ClN2. The zero-order valence-corrected chi connectivity index (χ0v) is 13.3. The average molecular weight is 293 g/mol. The highest BCUT2D eigenvalue weighted by atomic mass is 35.5. The minimum atomic E-state index is 0.749. The first-order chi connectivity index (χ1) is 9.63. The van der Waals surface area contributed by atoms with Crippen LogP contribution in [0, 0.1) is 11.8 Å². The Labute approximate surface area is 127 Å². The van der Waals surface area contributed by atoms with E-state index < -0.39 is 0 Å². The molecule has 2 aliphatic rings. The Hall–Kier alpha value is -0.730. The summed E-state index contributed by atoms with van der Waals surface area (Å²) in [5.74, 6) is 1.59. The maximum absolute atomic E-state index is 6.23. The summed E-state index contributed by atoms with van der Waals surface area (Å²) in [5, 5.41) is 4.47. The highest BCUT2D eigenvalue weighted by Gasteiger charge is 2.25. The van der Waals surface area contributed by atoms with Crippen molar-refractivity contribution in [3.05, 3.63) is 28.8 Å². The molecule has 1 aromatic carbocycles. The summed E-state index contributed by atoms with van der Waals surface area (Å²) in [6, 6.07) is 7.10. The summed E-state index contributed by atoms with van der Waals surface area (Å²) in [7, 11) is 0. The molecule has 0 spiro atoms. The van der Waals surface area contributed by atoms with Gasteiger partial charge in [-0.1, -0.05) is 31.5 Å². The molecule has 3 rings (SSSR count). The molecule has 0 bridgehead atoms. The molecule has 1 aliphatic heterocycles. The van der Waals surface area contributed by atoms with Crippen LogP contribution in [0.1, 0.15) is 38.7 Å². The lowest BCUT2D eigenvalue weighted by Crippen LogP contribution is -2.39. The van der Waals surface area contributed by atoms with Gasteiger partial charge < -0.3 is 10.2 Å². The largest absolute Gasteiger partial charge is 0.371 e. The first-order valence-corrected chi connectivity index (χ1v) is 8.28. The smallest absolute Gasteiger partial charge is 0.0426 e. The molecule has 0 radical (unpaired) electrons. The van der Waals surface area contributed by atoms with E-state index in [1.165, 1.54) is 30.5 Å². The Kier molecular flexibility index (Phi) is 4.23. The molecule has 20 heavy (non-hydrogen) atoms. The van der Waals surface area contributed by atoms with Gasteiger partial charge in [0.05, 0.1) is 0 Å². The molecule has 1 N–H and O–H groups in total. The standard InChI is InChI=1S/C17H25ClN2/c1-12-7-8-20(11-13(12)2)17-9-15(18)4-3-14(17)10-19-16-5-6-16/h3-4,9,12-13,16,19H,5-8,10-11H2,1-2H3. The van der Waals surface area contributed by atoms with E-state index in [-0.39, 0.29) is 0 Å². The third-order valence-electron chi connectivity index (χ3n) is 4.88. The molecule has 2 nitrogen and oxygen atoms in total. The molecule has 2 unspecified atom stereocenters. The number of hydrogen-bond donors (Lipinski definition) is 1. The predicted molar refractivity (Wildman–Crippen MR) is 86.5 cm³/mol. The van der Waals surface area contributed by atoms with E-state index in [1.54, 1.807) is 0 Å². The lowest BCUT2D eigenvalue weighted by Gasteiger charge is -2.38. The zero-order valence-electron chi connectivity index (χ0n) is 12.5. The third-order valence-corrected chi connectivity index (χ3v) is 5.12. The first-order valence-electron chi connectivity index (χ1n) is 7.90. The molecule has 0 aromatic heterocycles. The number of nitrogens with zero attached hydrogens (tertiary/aromatic N) is 1. The molecule has 2 atom stereocenters. The maximum atomic E-state index is 6.23. The van der Waals surface area contributed by atoms with Gasteiger partial charge in [0.15, 0.2) is 0 Å². The fourth-order valence-electron chi connectivity index (χ4n) is 3.00. The second kappa shape index (κ2) is 5.95. The number of rotatable bonds is 4. The van der Waals surface area contributed by atoms with E-state index in [4.69, 9.17) is 11.6 Å². The molecule has 2 fully saturated rings. The van der Waals surface area contributed by atoms with Crippen molar-refractivity contribution in [2.75, 3.05) is 18.0 Å². The van der Waals surface area contributed by atoms with Crippen LogP contribution in [0.15, 0.2) is 18.2 Å². The van der Waals surface area contributed by atoms with Crippen LogP contribution >= 0.6 is 11.6 Å². The van der Waals surface area contributed by atoms with Gasteiger partial charge in [0.1, 0.15) is 0 Å². The van der Waals surface area contributed by atoms with Crippen molar-refractivity contribution < 1.29 is 0 Å². The van der Waals surface area contributed by atoms with Crippen molar-refractivity contribution in [1.82, 2.24) is 5.32 Å². The van der Waals surface area contributed by atoms with Gasteiger partial charge in [0.2, 0.25) is 0 Å². The molecule has 110 valence electrons. The summed E-state index contributed by atoms with van der Waals surface area (Å²) in [6.45, 7) is 8.01. The van der Waals surface area contributed by atoms with Crippen molar-refractivity contribution in [2.24, 2.45) is 11.8 Å². The van der Waals surface area contributed by atoms with E-state index in [0.717, 1.165) is 42.5 Å². The highest BCUT2D eigenvalue weighted by molar-refractivity contribution is 6.30. The zero-order chi connectivity index (χ0) is 14.1. The highest BCUT2D eigenvalue weighted by Crippen LogP contribution is 2.31. The van der Waals surface area contributed by atoms with Gasteiger partial charge in [0.25, 0.3) is 0 Å². The average Bonchev–Trinajstić information content (AvgIpc) is 3.24. The van der Waals surface area contributed by atoms with E-state index >= 15 is 0 Å². The molecule has 1 saturated carbocycles. The van der Waals surface area contributed by atoms with Crippen LogP contribution in [0.2, 0.25) is 5.02 Å². The van der Waals surface area contributed by atoms with Gasteiger partial charge in [-0.05, 0) is 48.8 Å². The molecule has 1 aromatic rings. The van der Waals surface area contributed by atoms with Crippen LogP contribution in [-0.4, -0.2) is 19.1 Å². The SMILES string of the molecule is CC1CCN(c2cc(Cl)ccc2CNC2CC2)CC1C. The number of benzene rings is 1. The Morgan fingerprint density at radius 1 is 1.20 bits per heavy atom. The van der Waals surface area contributed by atoms with Gasteiger partial charge >= 0.3 is 0 Å². The van der Waals surface area contributed by atoms with E-state index in [9.17, 15) is 0 Å². The van der Waals surface area contributed by atoms with E-state index in [1.807, 2.05) is 6.07 Å². The van der Waals surface area contributed by atoms with Crippen LogP contribution < -0.4 is 10.2 Å². The fraction of sp³-hybridized carbons (Fsp3) is 0.647. The van der Waals surface area contributed by atoms with Crippen LogP contribution in [-0.2, 0) is 6.54 Å². The van der Waals surface area contributed by atoms with Crippen molar-refractivity contribution in [2.45, 2.75) is 45.7 Å². The predicted octanol–water partition coefficient (Wildman–Crippen LogP) is 4.07. The third kappa shape index (κ3) is 3.29. The second-order valence-corrected chi connectivity index (χ2v) is 7.05. The van der Waals surface area contributed by atoms with Gasteiger partial charge in [-0.25, -0.2) is 0 Å². The summed E-state index contributed by atoms with van der Waals surface area (Å²) in [5.41, 5.74) is 2.73. The molecule has 1 aliphatic carbocycles. The van der Waals surface area contributed by atoms with E-state index in [2.05, 4.69) is 36.2 Å². The fourth-order valence-corrected chi connectivity index (χ4v) is 3.17. The van der Waals surface area contributed by atoms with Crippen LogP contribution in [0.4, 0.5) is 5.69 Å². The molecule has 1 heterocycles. The Bertz CT molecular complexity index is 470. The minimum absolute atomic E-state index is 0.749. The number of hydrogen-bond acceptors (Lipinski definition) is 2. The van der Waals surface area contributed by atoms with Gasteiger partial charge in [-0.2, -0.15) is 0 Å². The first kappa shape index (κ1) is 14.2. The number of halogens is 1. The van der Waals surface area contributed by atoms with Crippen molar-refractivity contribution in [3.63, 3.8) is 0 Å². The van der Waals surface area contributed by atoms with E-state index in [0.29, 0.717) is 0 Å². The number of piperidine rings is 1. The molecule has 3 heteroatoms. The molecule has 1 saturated heterocycles. The summed E-state index contributed by atoms with van der Waals surface area (Å²) in [6.07, 6.45) is 3.95. The summed E-state index contributed by atoms with van der Waals surface area (Å²) >= 11 is 6.23. The van der Waals surface area contributed by atoms with Gasteiger partial charge in [-0.3, -0.25) is 0 Å². The van der Waals surface area contributed by atoms with Gasteiger partial charge in [0, 0.05) is 36.4 Å². The quantitative estimate of drug-likeness (QED) is 0.900. The van der Waals surface area contributed by atoms with Crippen molar-refractivity contribution in [1.29, 1.82) is 0 Å². The van der Waals surface area contributed by atoms with Gasteiger partial charge in [-0.15, -0.1) is 0 Å². The Morgan fingerprint density at radius 2 is 2.00 bits per heavy atom. The van der Waals surface area contributed by atoms with Crippen molar-refractivity contribution in [3.8, 4) is 0 Å². The topological polar surface area (TPSA) is 15.3 Å². The molecule has 0 amide bonds. The van der Waals surface area contributed by atoms with Crippen molar-refractivity contribution >= 4 is 17.3 Å². The second-order valence-electron chi connectivity index (χ2n) is 6.62. The number of anilines is 1. The molecular weight excluding hydrogens is 268 g/mol. The minimum Gasteiger partial charge on any atom is -0.371 e. The normalized spacial score (nSPS) is 26.9. The van der Waals surface area contributed by atoms with Crippen LogP contribution in [0.5, 0.6) is 0 Å².